The molecular formula is C19H29N3OS. The van der Waals surface area contributed by atoms with Crippen LogP contribution in [0.2, 0.25) is 0 Å². The largest absolute Gasteiger partial charge is 0.353 e. The van der Waals surface area contributed by atoms with Crippen LogP contribution in [0.15, 0.2) is 5.16 Å². The molecule has 5 heteroatoms. The fourth-order valence-corrected chi connectivity index (χ4v) is 5.87. The molecule has 1 amide bonds. The summed E-state index contributed by atoms with van der Waals surface area (Å²) in [5.74, 6) is 3.14. The average Bonchev–Trinajstić information content (AvgIpc) is 3.03. The highest BCUT2D eigenvalue weighted by Gasteiger charge is 2.42. The Balaban J connectivity index is 1.31. The zero-order chi connectivity index (χ0) is 16.8. The van der Waals surface area contributed by atoms with Crippen molar-refractivity contribution < 1.29 is 4.79 Å². The molecule has 24 heavy (non-hydrogen) atoms. The number of fused-ring (bicyclic) bond motifs is 2. The minimum absolute atomic E-state index is 0.163. The Labute approximate surface area is 149 Å². The summed E-state index contributed by atoms with van der Waals surface area (Å²) in [6.07, 6.45) is 8.01. The van der Waals surface area contributed by atoms with Crippen molar-refractivity contribution in [3.05, 3.63) is 11.4 Å². The standard InChI is InChI=1S/C19H29N3OS/c1-11-13(3)22(16-6-7-16)19(21-11)24-10-18(23)20-12(2)17-9-14-4-5-15(17)8-14/h12,14-17H,4-10H2,1-3H3,(H,20,23)/t12-,14+,15+,17-/m1/s1. The van der Waals surface area contributed by atoms with Gasteiger partial charge in [0.25, 0.3) is 0 Å². The molecule has 4 atom stereocenters. The summed E-state index contributed by atoms with van der Waals surface area (Å²) in [6, 6.07) is 0.935. The van der Waals surface area contributed by atoms with E-state index in [0.29, 0.717) is 23.8 Å². The van der Waals surface area contributed by atoms with Crippen molar-refractivity contribution in [1.29, 1.82) is 0 Å². The molecule has 1 N–H and O–H groups in total. The summed E-state index contributed by atoms with van der Waals surface area (Å²) in [4.78, 5) is 17.1. The minimum Gasteiger partial charge on any atom is -0.353 e. The van der Waals surface area contributed by atoms with E-state index in [1.54, 1.807) is 11.8 Å². The van der Waals surface area contributed by atoms with E-state index in [4.69, 9.17) is 0 Å². The Morgan fingerprint density at radius 3 is 2.71 bits per heavy atom. The van der Waals surface area contributed by atoms with Gasteiger partial charge in [0.2, 0.25) is 5.91 Å². The second-order valence-corrected chi connectivity index (χ2v) is 9.09. The smallest absolute Gasteiger partial charge is 0.230 e. The van der Waals surface area contributed by atoms with Crippen molar-refractivity contribution in [2.45, 2.75) is 76.5 Å². The number of amides is 1. The number of hydrogen-bond acceptors (Lipinski definition) is 3. The molecular weight excluding hydrogens is 318 g/mol. The fourth-order valence-electron chi connectivity index (χ4n) is 4.90. The normalized spacial score (nSPS) is 29.9. The lowest BCUT2D eigenvalue weighted by molar-refractivity contribution is -0.119. The Morgan fingerprint density at radius 1 is 1.29 bits per heavy atom. The van der Waals surface area contributed by atoms with E-state index in [1.165, 1.54) is 44.2 Å². The van der Waals surface area contributed by atoms with Crippen molar-refractivity contribution in [1.82, 2.24) is 14.9 Å². The van der Waals surface area contributed by atoms with E-state index in [1.807, 2.05) is 0 Å². The van der Waals surface area contributed by atoms with Gasteiger partial charge < -0.3 is 9.88 Å². The lowest BCUT2D eigenvalue weighted by Crippen LogP contribution is -2.40. The number of aryl methyl sites for hydroxylation is 1. The van der Waals surface area contributed by atoms with Crippen LogP contribution >= 0.6 is 11.8 Å². The molecule has 3 saturated carbocycles. The molecule has 0 radical (unpaired) electrons. The van der Waals surface area contributed by atoms with Gasteiger partial charge in [0.1, 0.15) is 0 Å². The highest BCUT2D eigenvalue weighted by molar-refractivity contribution is 7.99. The number of thioether (sulfide) groups is 1. The molecule has 4 rings (SSSR count). The van der Waals surface area contributed by atoms with Gasteiger partial charge in [0, 0.05) is 17.8 Å². The molecule has 0 saturated heterocycles. The van der Waals surface area contributed by atoms with Gasteiger partial charge in [0.15, 0.2) is 5.16 Å². The van der Waals surface area contributed by atoms with Crippen LogP contribution in [0.5, 0.6) is 0 Å². The van der Waals surface area contributed by atoms with Crippen LogP contribution in [0.1, 0.15) is 62.9 Å². The highest BCUT2D eigenvalue weighted by Crippen LogP contribution is 2.49. The summed E-state index contributed by atoms with van der Waals surface area (Å²) in [5.41, 5.74) is 2.36. The maximum absolute atomic E-state index is 12.4. The first-order valence-corrected chi connectivity index (χ1v) is 10.5. The van der Waals surface area contributed by atoms with Gasteiger partial charge in [-0.25, -0.2) is 4.98 Å². The topological polar surface area (TPSA) is 46.9 Å². The molecule has 2 bridgehead atoms. The summed E-state index contributed by atoms with van der Waals surface area (Å²) >= 11 is 1.60. The fraction of sp³-hybridized carbons (Fsp3) is 0.789. The van der Waals surface area contributed by atoms with Gasteiger partial charge >= 0.3 is 0 Å². The minimum atomic E-state index is 0.163. The third-order valence-electron chi connectivity index (χ3n) is 6.42. The van der Waals surface area contributed by atoms with Crippen LogP contribution < -0.4 is 5.32 Å². The second kappa shape index (κ2) is 6.40. The number of carbonyl (C=O) groups is 1. The van der Waals surface area contributed by atoms with Gasteiger partial charge in [0.05, 0.1) is 11.4 Å². The molecule has 4 nitrogen and oxygen atoms in total. The molecule has 1 heterocycles. The van der Waals surface area contributed by atoms with Crippen LogP contribution in [-0.2, 0) is 4.79 Å². The molecule has 0 spiro atoms. The van der Waals surface area contributed by atoms with Crippen molar-refractivity contribution in [3.63, 3.8) is 0 Å². The zero-order valence-electron chi connectivity index (χ0n) is 15.0. The maximum atomic E-state index is 12.4. The lowest BCUT2D eigenvalue weighted by Gasteiger charge is -2.28. The number of nitrogens with zero attached hydrogens (tertiary/aromatic N) is 2. The number of imidazole rings is 1. The molecule has 3 fully saturated rings. The summed E-state index contributed by atoms with van der Waals surface area (Å²) in [7, 11) is 0. The SMILES string of the molecule is Cc1nc(SCC(=O)N[C@H](C)[C@H]2C[C@H]3CC[C@H]2C3)n(C2CC2)c1C. The van der Waals surface area contributed by atoms with Gasteiger partial charge in [-0.3, -0.25) is 4.79 Å². The van der Waals surface area contributed by atoms with Crippen molar-refractivity contribution in [3.8, 4) is 0 Å². The summed E-state index contributed by atoms with van der Waals surface area (Å²) < 4.78 is 2.34. The average molecular weight is 348 g/mol. The molecule has 0 aromatic carbocycles. The van der Waals surface area contributed by atoms with Crippen LogP contribution in [0.25, 0.3) is 0 Å². The Bertz CT molecular complexity index is 637. The molecule has 1 aromatic heterocycles. The molecule has 132 valence electrons. The maximum Gasteiger partial charge on any atom is 0.230 e. The second-order valence-electron chi connectivity index (χ2n) is 8.15. The molecule has 0 unspecified atom stereocenters. The van der Waals surface area contributed by atoms with Gasteiger partial charge in [-0.1, -0.05) is 18.2 Å². The zero-order valence-corrected chi connectivity index (χ0v) is 15.9. The first-order chi connectivity index (χ1) is 11.5. The van der Waals surface area contributed by atoms with Crippen molar-refractivity contribution in [2.24, 2.45) is 17.8 Å². The van der Waals surface area contributed by atoms with Gasteiger partial charge in [-0.15, -0.1) is 0 Å². The van der Waals surface area contributed by atoms with E-state index in [2.05, 4.69) is 35.6 Å². The third kappa shape index (κ3) is 3.12. The summed E-state index contributed by atoms with van der Waals surface area (Å²) in [5, 5.41) is 4.29. The number of carbonyl (C=O) groups excluding carboxylic acids is 1. The lowest BCUT2D eigenvalue weighted by atomic mass is 9.84. The van der Waals surface area contributed by atoms with E-state index >= 15 is 0 Å². The predicted molar refractivity (Wildman–Crippen MR) is 97.2 cm³/mol. The first-order valence-electron chi connectivity index (χ1n) is 9.50. The first kappa shape index (κ1) is 16.5. The Kier molecular flexibility index (Phi) is 4.40. The molecule has 3 aliphatic carbocycles. The number of rotatable bonds is 6. The Morgan fingerprint density at radius 2 is 2.08 bits per heavy atom. The van der Waals surface area contributed by atoms with Crippen molar-refractivity contribution >= 4 is 17.7 Å². The molecule has 0 aliphatic heterocycles. The van der Waals surface area contributed by atoms with E-state index in [0.717, 1.165) is 22.7 Å². The number of hydrogen-bond donors (Lipinski definition) is 1. The number of aromatic nitrogens is 2. The van der Waals surface area contributed by atoms with Gasteiger partial charge in [-0.2, -0.15) is 0 Å². The quantitative estimate of drug-likeness (QED) is 0.795. The van der Waals surface area contributed by atoms with E-state index in [9.17, 15) is 4.79 Å². The van der Waals surface area contributed by atoms with Crippen molar-refractivity contribution in [2.75, 3.05) is 5.75 Å². The molecule has 1 aromatic rings. The van der Waals surface area contributed by atoms with Crippen LogP contribution in [0, 0.1) is 31.6 Å². The van der Waals surface area contributed by atoms with E-state index in [-0.39, 0.29) is 5.91 Å². The highest BCUT2D eigenvalue weighted by atomic mass is 32.2. The van der Waals surface area contributed by atoms with Crippen LogP contribution in [0.4, 0.5) is 0 Å². The number of nitrogens with one attached hydrogen (secondary N) is 1. The third-order valence-corrected chi connectivity index (χ3v) is 7.38. The van der Waals surface area contributed by atoms with Crippen LogP contribution in [0.3, 0.4) is 0 Å². The Hall–Kier alpha value is -0.970. The molecule has 3 aliphatic rings. The van der Waals surface area contributed by atoms with Gasteiger partial charge in [-0.05, 0) is 70.6 Å². The summed E-state index contributed by atoms with van der Waals surface area (Å²) in [6.45, 7) is 6.41. The predicted octanol–water partition coefficient (Wildman–Crippen LogP) is 3.87. The monoisotopic (exact) mass is 347 g/mol. The van der Waals surface area contributed by atoms with E-state index < -0.39 is 0 Å². The van der Waals surface area contributed by atoms with Crippen LogP contribution in [-0.4, -0.2) is 27.3 Å².